The molecule has 92 valence electrons. The van der Waals surface area contributed by atoms with Gasteiger partial charge in [0.05, 0.1) is 0 Å². The van der Waals surface area contributed by atoms with Gasteiger partial charge in [-0.15, -0.1) is 0 Å². The first-order valence-corrected chi connectivity index (χ1v) is 9.69. The van der Waals surface area contributed by atoms with Crippen molar-refractivity contribution in [3.63, 3.8) is 0 Å². The second-order valence-corrected chi connectivity index (χ2v) is 10.5. The molecule has 2 aromatic carbocycles. The Bertz CT molecular complexity index is 536. The molecule has 2 aromatic rings. The summed E-state index contributed by atoms with van der Waals surface area (Å²) in [7, 11) is -1.74. The van der Waals surface area contributed by atoms with Crippen molar-refractivity contribution in [1.82, 2.24) is 0 Å². The van der Waals surface area contributed by atoms with Crippen LogP contribution >= 0.6 is 0 Å². The second kappa shape index (κ2) is 4.90. The van der Waals surface area contributed by atoms with Gasteiger partial charge in [-0.1, -0.05) is 74.2 Å². The monoisotopic (exact) mass is 254 g/mol. The molecule has 0 saturated heterocycles. The van der Waals surface area contributed by atoms with E-state index in [2.05, 4.69) is 31.8 Å². The summed E-state index contributed by atoms with van der Waals surface area (Å²) < 4.78 is 0. The average Bonchev–Trinajstić information content (AvgIpc) is 2.38. The second-order valence-electron chi connectivity index (χ2n) is 5.52. The van der Waals surface area contributed by atoms with E-state index in [9.17, 15) is 4.79 Å². The Kier molecular flexibility index (Phi) is 3.48. The summed E-state index contributed by atoms with van der Waals surface area (Å²) in [5.74, 6) is 0. The van der Waals surface area contributed by atoms with Gasteiger partial charge in [-0.25, -0.2) is 0 Å². The molecule has 0 radical (unpaired) electrons. The minimum Gasteiger partial charge on any atom is -0.300 e. The van der Waals surface area contributed by atoms with Gasteiger partial charge in [-0.3, -0.25) is 0 Å². The Hall–Kier alpha value is -1.67. The zero-order valence-corrected chi connectivity index (χ0v) is 12.1. The fraction of sp³-hybridized carbons (Fsp3) is 0.188. The third-order valence-corrected chi connectivity index (χ3v) is 4.59. The number of hydrogen-bond donors (Lipinski definition) is 0. The molecular formula is C16H18OSi. The molecule has 0 heterocycles. The highest BCUT2D eigenvalue weighted by Gasteiger charge is 2.25. The van der Waals surface area contributed by atoms with E-state index in [4.69, 9.17) is 0 Å². The van der Waals surface area contributed by atoms with Gasteiger partial charge in [-0.2, -0.15) is 0 Å². The van der Waals surface area contributed by atoms with Crippen LogP contribution in [-0.2, 0) is 0 Å². The molecule has 18 heavy (non-hydrogen) atoms. The fourth-order valence-electron chi connectivity index (χ4n) is 1.88. The van der Waals surface area contributed by atoms with Crippen LogP contribution in [0.1, 0.15) is 10.4 Å². The fourth-order valence-corrected chi connectivity index (χ4v) is 2.91. The van der Waals surface area contributed by atoms with Gasteiger partial charge in [0.25, 0.3) is 0 Å². The molecule has 0 fully saturated rings. The minimum absolute atomic E-state index is 0.321. The maximum atomic E-state index is 12.2. The lowest BCUT2D eigenvalue weighted by Crippen LogP contribution is -2.33. The average molecular weight is 254 g/mol. The Labute approximate surface area is 109 Å². The van der Waals surface area contributed by atoms with Gasteiger partial charge in [0.1, 0.15) is 13.5 Å². The molecule has 1 nitrogen and oxygen atoms in total. The summed E-state index contributed by atoms with van der Waals surface area (Å²) in [6, 6.07) is 18.2. The van der Waals surface area contributed by atoms with Crippen LogP contribution in [-0.4, -0.2) is 13.5 Å². The van der Waals surface area contributed by atoms with Gasteiger partial charge >= 0.3 is 0 Å². The molecule has 0 spiro atoms. The van der Waals surface area contributed by atoms with Crippen LogP contribution in [0.4, 0.5) is 0 Å². The van der Waals surface area contributed by atoms with Crippen molar-refractivity contribution in [2.45, 2.75) is 19.6 Å². The molecular weight excluding hydrogens is 236 g/mol. The highest BCUT2D eigenvalue weighted by atomic mass is 28.3. The Balaban J connectivity index is 2.29. The molecule has 2 rings (SSSR count). The van der Waals surface area contributed by atoms with E-state index in [1.54, 1.807) is 0 Å². The summed E-state index contributed by atoms with van der Waals surface area (Å²) in [6.07, 6.45) is 0. The zero-order valence-electron chi connectivity index (χ0n) is 11.1. The van der Waals surface area contributed by atoms with E-state index in [-0.39, 0.29) is 0 Å². The summed E-state index contributed by atoms with van der Waals surface area (Å²) in [4.78, 5) is 12.2. The SMILES string of the molecule is C[Si](C)(C)C(=O)c1ccc(-c2ccccc2)cc1. The number of rotatable bonds is 3. The van der Waals surface area contributed by atoms with Crippen molar-refractivity contribution in [2.75, 3.05) is 0 Å². The van der Waals surface area contributed by atoms with Crippen LogP contribution in [0.5, 0.6) is 0 Å². The van der Waals surface area contributed by atoms with E-state index >= 15 is 0 Å². The van der Waals surface area contributed by atoms with E-state index in [0.717, 1.165) is 11.1 Å². The van der Waals surface area contributed by atoms with Crippen LogP contribution in [0.15, 0.2) is 54.6 Å². The smallest absolute Gasteiger partial charge is 0.139 e. The number of hydrogen-bond acceptors (Lipinski definition) is 1. The van der Waals surface area contributed by atoms with Crippen molar-refractivity contribution in [3.8, 4) is 11.1 Å². The van der Waals surface area contributed by atoms with Crippen molar-refractivity contribution >= 4 is 13.5 Å². The van der Waals surface area contributed by atoms with E-state index in [0.29, 0.717) is 5.41 Å². The molecule has 0 aliphatic heterocycles. The summed E-state index contributed by atoms with van der Waals surface area (Å²) in [5.41, 5.74) is 3.18. The highest BCUT2D eigenvalue weighted by Crippen LogP contribution is 2.20. The maximum absolute atomic E-state index is 12.2. The molecule has 2 heteroatoms. The molecule has 0 bridgehead atoms. The van der Waals surface area contributed by atoms with Gasteiger partial charge in [-0.05, 0) is 11.1 Å². The largest absolute Gasteiger partial charge is 0.300 e. The van der Waals surface area contributed by atoms with Crippen LogP contribution in [0.25, 0.3) is 11.1 Å². The molecule has 0 aliphatic carbocycles. The van der Waals surface area contributed by atoms with Crippen LogP contribution < -0.4 is 0 Å². The van der Waals surface area contributed by atoms with Gasteiger partial charge in [0, 0.05) is 5.56 Å². The summed E-state index contributed by atoms with van der Waals surface area (Å²) in [6.45, 7) is 6.25. The number of benzene rings is 2. The van der Waals surface area contributed by atoms with Crippen LogP contribution in [0, 0.1) is 0 Å². The van der Waals surface area contributed by atoms with E-state index in [1.165, 1.54) is 5.56 Å². The minimum atomic E-state index is -1.74. The molecule has 0 aromatic heterocycles. The normalized spacial score (nSPS) is 11.3. The quantitative estimate of drug-likeness (QED) is 0.741. The molecule has 0 aliphatic rings. The third-order valence-electron chi connectivity index (χ3n) is 2.94. The lowest BCUT2D eigenvalue weighted by atomic mass is 10.0. The molecule has 0 unspecified atom stereocenters. The van der Waals surface area contributed by atoms with Crippen molar-refractivity contribution < 1.29 is 4.79 Å². The maximum Gasteiger partial charge on any atom is 0.139 e. The Morgan fingerprint density at radius 1 is 0.778 bits per heavy atom. The number of carbonyl (C=O) groups excluding carboxylic acids is 1. The van der Waals surface area contributed by atoms with Crippen molar-refractivity contribution in [1.29, 1.82) is 0 Å². The highest BCUT2D eigenvalue weighted by molar-refractivity contribution is 7.05. The molecule has 0 N–H and O–H groups in total. The third kappa shape index (κ3) is 2.77. The predicted octanol–water partition coefficient (Wildman–Crippen LogP) is 4.41. The van der Waals surface area contributed by atoms with Gasteiger partial charge in [0.2, 0.25) is 0 Å². The molecule has 0 saturated carbocycles. The van der Waals surface area contributed by atoms with Crippen molar-refractivity contribution in [3.05, 3.63) is 60.2 Å². The first-order valence-electron chi connectivity index (χ1n) is 6.19. The summed E-state index contributed by atoms with van der Waals surface area (Å²) in [5, 5.41) is 0.321. The predicted molar refractivity (Wildman–Crippen MR) is 79.6 cm³/mol. The number of carbonyl (C=O) groups is 1. The Morgan fingerprint density at radius 2 is 1.28 bits per heavy atom. The lowest BCUT2D eigenvalue weighted by molar-refractivity contribution is 0.106. The first kappa shape index (κ1) is 12.8. The van der Waals surface area contributed by atoms with E-state index in [1.807, 2.05) is 42.5 Å². The molecule has 0 amide bonds. The lowest BCUT2D eigenvalue weighted by Gasteiger charge is -2.14. The van der Waals surface area contributed by atoms with Gasteiger partial charge in [0.15, 0.2) is 0 Å². The summed E-state index contributed by atoms with van der Waals surface area (Å²) >= 11 is 0. The Morgan fingerprint density at radius 3 is 1.78 bits per heavy atom. The van der Waals surface area contributed by atoms with Gasteiger partial charge < -0.3 is 4.79 Å². The zero-order chi connectivity index (χ0) is 13.2. The van der Waals surface area contributed by atoms with Crippen molar-refractivity contribution in [2.24, 2.45) is 0 Å². The van der Waals surface area contributed by atoms with E-state index < -0.39 is 8.07 Å². The standard InChI is InChI=1S/C16H18OSi/c1-18(2,3)16(17)15-11-9-14(10-12-15)13-7-5-4-6-8-13/h4-12H,1-3H3. The first-order chi connectivity index (χ1) is 8.48. The molecule has 0 atom stereocenters. The topological polar surface area (TPSA) is 17.1 Å². The van der Waals surface area contributed by atoms with Crippen LogP contribution in [0.3, 0.4) is 0 Å². The van der Waals surface area contributed by atoms with Crippen LogP contribution in [0.2, 0.25) is 19.6 Å².